The number of halogens is 1. The Kier molecular flexibility index (Phi) is 5.17. The summed E-state index contributed by atoms with van der Waals surface area (Å²) in [4.78, 5) is 19.1. The van der Waals surface area contributed by atoms with E-state index in [9.17, 15) is 4.79 Å². The molecule has 3 aromatic rings. The third kappa shape index (κ3) is 3.66. The van der Waals surface area contributed by atoms with E-state index in [0.29, 0.717) is 23.9 Å². The average Bonchev–Trinajstić information content (AvgIpc) is 3.24. The van der Waals surface area contributed by atoms with Gasteiger partial charge in [0, 0.05) is 23.7 Å². The van der Waals surface area contributed by atoms with Gasteiger partial charge in [0.05, 0.1) is 18.0 Å². The van der Waals surface area contributed by atoms with Crippen molar-refractivity contribution in [2.75, 3.05) is 13.1 Å². The number of rotatable bonds is 5. The highest BCUT2D eigenvalue weighted by atomic mass is 35.5. The zero-order valence-corrected chi connectivity index (χ0v) is 16.2. The molecule has 2 aromatic carbocycles. The van der Waals surface area contributed by atoms with Gasteiger partial charge in [-0.15, -0.1) is 0 Å². The van der Waals surface area contributed by atoms with Crippen LogP contribution in [0, 0.1) is 0 Å². The predicted octanol–water partition coefficient (Wildman–Crippen LogP) is 4.82. The minimum atomic E-state index is -0.226. The van der Waals surface area contributed by atoms with Gasteiger partial charge < -0.3 is 14.6 Å². The Balaban J connectivity index is 1.60. The Bertz CT molecular complexity index is 1000. The molecule has 5 nitrogen and oxygen atoms in total. The fourth-order valence-electron chi connectivity index (χ4n) is 3.51. The third-order valence-electron chi connectivity index (χ3n) is 4.79. The Labute approximate surface area is 168 Å². The van der Waals surface area contributed by atoms with Crippen LogP contribution in [0.1, 0.15) is 34.6 Å². The Hall–Kier alpha value is -3.05. The van der Waals surface area contributed by atoms with Crippen LogP contribution >= 0.6 is 11.6 Å². The van der Waals surface area contributed by atoms with Gasteiger partial charge in [0.2, 0.25) is 0 Å². The second kappa shape index (κ2) is 7.90. The van der Waals surface area contributed by atoms with Gasteiger partial charge in [0.15, 0.2) is 5.76 Å². The van der Waals surface area contributed by atoms with Gasteiger partial charge in [-0.2, -0.15) is 0 Å². The molecule has 4 rings (SSSR count). The highest BCUT2D eigenvalue weighted by Gasteiger charge is 2.29. The van der Waals surface area contributed by atoms with Crippen molar-refractivity contribution >= 4 is 29.0 Å². The summed E-state index contributed by atoms with van der Waals surface area (Å²) in [6, 6.07) is 19.4. The summed E-state index contributed by atoms with van der Waals surface area (Å²) >= 11 is 6.28. The number of nitrogens with one attached hydrogen (secondary N) is 1. The SMILES string of the molecule is CC1=Nc2ccc(Cl)cc2[C@H](c2ccccc2)N1CCNC(=O)c1ccco1. The van der Waals surface area contributed by atoms with Crippen LogP contribution in [0.5, 0.6) is 0 Å². The lowest BCUT2D eigenvalue weighted by atomic mass is 9.94. The van der Waals surface area contributed by atoms with E-state index in [1.807, 2.05) is 43.3 Å². The minimum Gasteiger partial charge on any atom is -0.459 e. The van der Waals surface area contributed by atoms with Gasteiger partial charge in [0.1, 0.15) is 5.84 Å². The van der Waals surface area contributed by atoms with Crippen LogP contribution in [0.3, 0.4) is 0 Å². The number of furan rings is 1. The molecule has 0 fully saturated rings. The molecule has 0 radical (unpaired) electrons. The van der Waals surface area contributed by atoms with Crippen molar-refractivity contribution in [2.45, 2.75) is 13.0 Å². The first-order valence-electron chi connectivity index (χ1n) is 9.11. The van der Waals surface area contributed by atoms with Crippen LogP contribution in [-0.4, -0.2) is 29.7 Å². The van der Waals surface area contributed by atoms with Gasteiger partial charge in [0.25, 0.3) is 5.91 Å². The standard InChI is InChI=1S/C22H20ClN3O2/c1-15-25-19-10-9-17(23)14-18(19)21(16-6-3-2-4-7-16)26(15)12-11-24-22(27)20-8-5-13-28-20/h2-10,13-14,21H,11-12H2,1H3,(H,24,27)/t21-/m0/s1. The molecule has 142 valence electrons. The zero-order chi connectivity index (χ0) is 19.5. The highest BCUT2D eigenvalue weighted by molar-refractivity contribution is 6.30. The summed E-state index contributed by atoms with van der Waals surface area (Å²) in [5.74, 6) is 0.980. The first-order chi connectivity index (χ1) is 13.6. The normalized spacial score (nSPS) is 15.7. The van der Waals surface area contributed by atoms with E-state index < -0.39 is 0 Å². The predicted molar refractivity (Wildman–Crippen MR) is 110 cm³/mol. The quantitative estimate of drug-likeness (QED) is 0.676. The van der Waals surface area contributed by atoms with Gasteiger partial charge in [-0.1, -0.05) is 41.9 Å². The fraction of sp³-hybridized carbons (Fsp3) is 0.182. The van der Waals surface area contributed by atoms with Gasteiger partial charge in [-0.25, -0.2) is 4.99 Å². The molecule has 1 atom stereocenters. The highest BCUT2D eigenvalue weighted by Crippen LogP contribution is 2.40. The number of carbonyl (C=O) groups is 1. The summed E-state index contributed by atoms with van der Waals surface area (Å²) in [5, 5.41) is 3.59. The molecule has 0 spiro atoms. The van der Waals surface area contributed by atoms with Crippen LogP contribution in [0.15, 0.2) is 76.3 Å². The van der Waals surface area contributed by atoms with E-state index in [1.54, 1.807) is 12.1 Å². The molecule has 1 aromatic heterocycles. The van der Waals surface area contributed by atoms with Crippen molar-refractivity contribution in [1.82, 2.24) is 10.2 Å². The lowest BCUT2D eigenvalue weighted by molar-refractivity contribution is 0.0922. The molecule has 0 bridgehead atoms. The van der Waals surface area contributed by atoms with Crippen molar-refractivity contribution in [3.63, 3.8) is 0 Å². The molecule has 0 unspecified atom stereocenters. The second-order valence-corrected chi connectivity index (χ2v) is 7.04. The summed E-state index contributed by atoms with van der Waals surface area (Å²) in [5.41, 5.74) is 3.13. The minimum absolute atomic E-state index is 0.0204. The average molecular weight is 394 g/mol. The molecular formula is C22H20ClN3O2. The van der Waals surface area contributed by atoms with Gasteiger partial charge in [-0.05, 0) is 42.8 Å². The summed E-state index contributed by atoms with van der Waals surface area (Å²) in [7, 11) is 0. The molecule has 0 aliphatic carbocycles. The number of amidine groups is 1. The summed E-state index contributed by atoms with van der Waals surface area (Å²) in [6.07, 6.45) is 1.49. The van der Waals surface area contributed by atoms with Crippen molar-refractivity contribution in [1.29, 1.82) is 0 Å². The first-order valence-corrected chi connectivity index (χ1v) is 9.49. The number of nitrogens with zero attached hydrogens (tertiary/aromatic N) is 2. The number of aliphatic imine (C=N–C) groups is 1. The van der Waals surface area contributed by atoms with Gasteiger partial charge >= 0.3 is 0 Å². The Morgan fingerprint density at radius 1 is 1.18 bits per heavy atom. The Morgan fingerprint density at radius 3 is 2.75 bits per heavy atom. The lowest BCUT2D eigenvalue weighted by Crippen LogP contribution is -2.41. The molecule has 1 aliphatic rings. The van der Waals surface area contributed by atoms with E-state index in [1.165, 1.54) is 6.26 Å². The zero-order valence-electron chi connectivity index (χ0n) is 15.4. The maximum absolute atomic E-state index is 12.2. The van der Waals surface area contributed by atoms with E-state index in [2.05, 4.69) is 22.3 Å². The maximum Gasteiger partial charge on any atom is 0.287 e. The number of benzene rings is 2. The van der Waals surface area contributed by atoms with Crippen LogP contribution in [0.25, 0.3) is 0 Å². The summed E-state index contributed by atoms with van der Waals surface area (Å²) in [6.45, 7) is 3.06. The fourth-order valence-corrected chi connectivity index (χ4v) is 3.69. The third-order valence-corrected chi connectivity index (χ3v) is 5.03. The topological polar surface area (TPSA) is 57.8 Å². The molecule has 1 N–H and O–H groups in total. The molecule has 0 saturated heterocycles. The molecule has 0 saturated carbocycles. The van der Waals surface area contributed by atoms with Crippen molar-refractivity contribution in [3.05, 3.63) is 88.8 Å². The van der Waals surface area contributed by atoms with Crippen molar-refractivity contribution in [3.8, 4) is 0 Å². The molecule has 28 heavy (non-hydrogen) atoms. The first kappa shape index (κ1) is 18.3. The van der Waals surface area contributed by atoms with E-state index >= 15 is 0 Å². The van der Waals surface area contributed by atoms with Crippen LogP contribution < -0.4 is 5.32 Å². The molecule has 1 aliphatic heterocycles. The van der Waals surface area contributed by atoms with E-state index in [4.69, 9.17) is 21.0 Å². The van der Waals surface area contributed by atoms with Crippen LogP contribution in [0.4, 0.5) is 5.69 Å². The summed E-state index contributed by atoms with van der Waals surface area (Å²) < 4.78 is 5.15. The van der Waals surface area contributed by atoms with Crippen molar-refractivity contribution in [2.24, 2.45) is 4.99 Å². The molecule has 1 amide bonds. The van der Waals surface area contributed by atoms with E-state index in [-0.39, 0.29) is 11.9 Å². The monoisotopic (exact) mass is 393 g/mol. The smallest absolute Gasteiger partial charge is 0.287 e. The molecule has 2 heterocycles. The number of amides is 1. The Morgan fingerprint density at radius 2 is 2.00 bits per heavy atom. The number of hydrogen-bond donors (Lipinski definition) is 1. The number of fused-ring (bicyclic) bond motifs is 1. The number of hydrogen-bond acceptors (Lipinski definition) is 4. The largest absolute Gasteiger partial charge is 0.459 e. The number of carbonyl (C=O) groups excluding carboxylic acids is 1. The van der Waals surface area contributed by atoms with Crippen molar-refractivity contribution < 1.29 is 9.21 Å². The van der Waals surface area contributed by atoms with E-state index in [0.717, 1.165) is 22.6 Å². The van der Waals surface area contributed by atoms with Crippen LogP contribution in [0.2, 0.25) is 5.02 Å². The van der Waals surface area contributed by atoms with Gasteiger partial charge in [-0.3, -0.25) is 4.79 Å². The van der Waals surface area contributed by atoms with Crippen LogP contribution in [-0.2, 0) is 0 Å². The molecule has 6 heteroatoms. The lowest BCUT2D eigenvalue weighted by Gasteiger charge is -2.38. The second-order valence-electron chi connectivity index (χ2n) is 6.60. The maximum atomic E-state index is 12.2. The molecular weight excluding hydrogens is 374 g/mol.